The lowest BCUT2D eigenvalue weighted by Crippen LogP contribution is -2.44. The van der Waals surface area contributed by atoms with Crippen LogP contribution in [0, 0.1) is 12.8 Å². The second kappa shape index (κ2) is 8.65. The highest BCUT2D eigenvalue weighted by atomic mass is 16.5. The fourth-order valence-corrected chi connectivity index (χ4v) is 3.27. The van der Waals surface area contributed by atoms with Crippen LogP contribution in [0.3, 0.4) is 0 Å². The molecule has 0 bridgehead atoms. The third-order valence-electron chi connectivity index (χ3n) is 4.80. The van der Waals surface area contributed by atoms with Crippen LogP contribution in [0.25, 0.3) is 0 Å². The second-order valence-electron chi connectivity index (χ2n) is 6.72. The highest BCUT2D eigenvalue weighted by molar-refractivity contribution is 5.79. The van der Waals surface area contributed by atoms with Crippen molar-refractivity contribution in [1.82, 2.24) is 14.9 Å². The molecule has 1 atom stereocenters. The van der Waals surface area contributed by atoms with E-state index in [0.29, 0.717) is 19.7 Å². The number of amides is 1. The maximum Gasteiger partial charge on any atom is 0.227 e. The molecule has 1 unspecified atom stereocenters. The number of piperidine rings is 1. The zero-order valence-electron chi connectivity index (χ0n) is 15.5. The van der Waals surface area contributed by atoms with E-state index in [1.54, 1.807) is 23.5 Å². The Balaban J connectivity index is 1.50. The van der Waals surface area contributed by atoms with Crippen LogP contribution >= 0.6 is 0 Å². The lowest BCUT2D eigenvalue weighted by molar-refractivity contribution is -0.134. The molecule has 26 heavy (non-hydrogen) atoms. The number of nitrogens with zero attached hydrogens (tertiary/aromatic N) is 4. The molecule has 0 radical (unpaired) electrons. The minimum absolute atomic E-state index is 0.00535. The van der Waals surface area contributed by atoms with E-state index >= 15 is 0 Å². The maximum absolute atomic E-state index is 12.8. The molecule has 6 nitrogen and oxygen atoms in total. The number of aryl methyl sites for hydroxylation is 1. The molecule has 1 aliphatic heterocycles. The zero-order chi connectivity index (χ0) is 18.4. The molecule has 1 aliphatic rings. The number of aromatic nitrogens is 2. The standard InChI is InChI=1S/C20H26N4O2/c1-16-6-3-4-8-18(16)26-13-12-23(2)20(25)17-7-5-11-24(15-17)19-14-21-9-10-22-19/h3-4,6,8-10,14,17H,5,7,11-13,15H2,1-2H3. The zero-order valence-corrected chi connectivity index (χ0v) is 15.5. The molecule has 138 valence electrons. The van der Waals surface area contributed by atoms with Crippen LogP contribution in [0.1, 0.15) is 18.4 Å². The van der Waals surface area contributed by atoms with Crippen molar-refractivity contribution in [3.05, 3.63) is 48.4 Å². The Kier molecular flexibility index (Phi) is 6.04. The monoisotopic (exact) mass is 354 g/mol. The summed E-state index contributed by atoms with van der Waals surface area (Å²) in [5.41, 5.74) is 1.10. The highest BCUT2D eigenvalue weighted by Gasteiger charge is 2.28. The van der Waals surface area contributed by atoms with Crippen LogP contribution in [-0.4, -0.2) is 54.1 Å². The molecular weight excluding hydrogens is 328 g/mol. The second-order valence-corrected chi connectivity index (χ2v) is 6.72. The Bertz CT molecular complexity index is 723. The number of rotatable bonds is 6. The summed E-state index contributed by atoms with van der Waals surface area (Å²) in [5.74, 6) is 1.89. The normalized spacial score (nSPS) is 17.0. The molecule has 1 saturated heterocycles. The van der Waals surface area contributed by atoms with Gasteiger partial charge in [0.05, 0.1) is 18.7 Å². The Labute approximate surface area is 154 Å². The third-order valence-corrected chi connectivity index (χ3v) is 4.80. The van der Waals surface area contributed by atoms with Crippen LogP contribution in [0.2, 0.25) is 0 Å². The first-order chi connectivity index (χ1) is 12.6. The SMILES string of the molecule is Cc1ccccc1OCCN(C)C(=O)C1CCCN(c2cnccn2)C1. The van der Waals surface area contributed by atoms with Gasteiger partial charge in [0.25, 0.3) is 0 Å². The van der Waals surface area contributed by atoms with Gasteiger partial charge >= 0.3 is 0 Å². The van der Waals surface area contributed by atoms with Crippen molar-refractivity contribution in [3.63, 3.8) is 0 Å². The summed E-state index contributed by atoms with van der Waals surface area (Å²) >= 11 is 0. The quantitative estimate of drug-likeness (QED) is 0.798. The molecule has 0 N–H and O–H groups in total. The molecule has 1 aromatic carbocycles. The van der Waals surface area contributed by atoms with Gasteiger partial charge in [0.2, 0.25) is 5.91 Å². The van der Waals surface area contributed by atoms with E-state index in [4.69, 9.17) is 4.74 Å². The molecule has 1 fully saturated rings. The largest absolute Gasteiger partial charge is 0.491 e. The molecule has 2 heterocycles. The van der Waals surface area contributed by atoms with E-state index in [9.17, 15) is 4.79 Å². The first-order valence-electron chi connectivity index (χ1n) is 9.09. The van der Waals surface area contributed by atoms with E-state index in [-0.39, 0.29) is 11.8 Å². The summed E-state index contributed by atoms with van der Waals surface area (Å²) in [7, 11) is 1.85. The summed E-state index contributed by atoms with van der Waals surface area (Å²) in [6, 6.07) is 7.93. The average molecular weight is 354 g/mol. The van der Waals surface area contributed by atoms with Crippen molar-refractivity contribution in [1.29, 1.82) is 0 Å². The van der Waals surface area contributed by atoms with Gasteiger partial charge in [0.1, 0.15) is 18.2 Å². The van der Waals surface area contributed by atoms with E-state index in [1.807, 2.05) is 38.2 Å². The van der Waals surface area contributed by atoms with Gasteiger partial charge in [0.15, 0.2) is 0 Å². The fourth-order valence-electron chi connectivity index (χ4n) is 3.27. The number of benzene rings is 1. The van der Waals surface area contributed by atoms with Crippen molar-refractivity contribution in [2.45, 2.75) is 19.8 Å². The topological polar surface area (TPSA) is 58.6 Å². The number of carbonyl (C=O) groups excluding carboxylic acids is 1. The minimum atomic E-state index is -0.00535. The summed E-state index contributed by atoms with van der Waals surface area (Å²) in [6.45, 7) is 4.71. The van der Waals surface area contributed by atoms with Crippen molar-refractivity contribution in [3.8, 4) is 5.75 Å². The predicted molar refractivity (Wildman–Crippen MR) is 101 cm³/mol. The highest BCUT2D eigenvalue weighted by Crippen LogP contribution is 2.22. The maximum atomic E-state index is 12.8. The summed E-state index contributed by atoms with van der Waals surface area (Å²) in [4.78, 5) is 25.2. The summed E-state index contributed by atoms with van der Waals surface area (Å²) < 4.78 is 5.81. The predicted octanol–water partition coefficient (Wildman–Crippen LogP) is 2.54. The van der Waals surface area contributed by atoms with E-state index in [2.05, 4.69) is 14.9 Å². The average Bonchev–Trinajstić information content (AvgIpc) is 2.69. The van der Waals surface area contributed by atoms with E-state index < -0.39 is 0 Å². The Morgan fingerprint density at radius 2 is 2.19 bits per heavy atom. The Morgan fingerprint density at radius 3 is 2.96 bits per heavy atom. The van der Waals surface area contributed by atoms with Gasteiger partial charge in [-0.2, -0.15) is 0 Å². The van der Waals surface area contributed by atoms with Gasteiger partial charge in [0, 0.05) is 32.5 Å². The Hall–Kier alpha value is -2.63. The summed E-state index contributed by atoms with van der Waals surface area (Å²) in [5, 5.41) is 0. The minimum Gasteiger partial charge on any atom is -0.491 e. The van der Waals surface area contributed by atoms with Crippen LogP contribution in [-0.2, 0) is 4.79 Å². The van der Waals surface area contributed by atoms with Crippen LogP contribution < -0.4 is 9.64 Å². The van der Waals surface area contributed by atoms with Gasteiger partial charge in [-0.15, -0.1) is 0 Å². The summed E-state index contributed by atoms with van der Waals surface area (Å²) in [6.07, 6.45) is 7.01. The number of para-hydroxylation sites is 1. The third kappa shape index (κ3) is 4.50. The number of hydrogen-bond donors (Lipinski definition) is 0. The first kappa shape index (κ1) is 18.2. The fraction of sp³-hybridized carbons (Fsp3) is 0.450. The van der Waals surface area contributed by atoms with Gasteiger partial charge in [-0.05, 0) is 31.4 Å². The van der Waals surface area contributed by atoms with Gasteiger partial charge in [-0.25, -0.2) is 4.98 Å². The molecule has 6 heteroatoms. The molecule has 0 saturated carbocycles. The number of likely N-dealkylation sites (N-methyl/N-ethyl adjacent to an activating group) is 1. The molecule has 1 aromatic heterocycles. The Morgan fingerprint density at radius 1 is 1.35 bits per heavy atom. The van der Waals surface area contributed by atoms with E-state index in [1.165, 1.54) is 0 Å². The van der Waals surface area contributed by atoms with Gasteiger partial charge < -0.3 is 14.5 Å². The number of anilines is 1. The number of ether oxygens (including phenoxy) is 1. The van der Waals surface area contributed by atoms with Crippen LogP contribution in [0.15, 0.2) is 42.9 Å². The van der Waals surface area contributed by atoms with Crippen LogP contribution in [0.4, 0.5) is 5.82 Å². The number of hydrogen-bond acceptors (Lipinski definition) is 5. The van der Waals surface area contributed by atoms with Crippen LogP contribution in [0.5, 0.6) is 5.75 Å². The van der Waals surface area contributed by atoms with Gasteiger partial charge in [-0.3, -0.25) is 9.78 Å². The molecule has 2 aromatic rings. The van der Waals surface area contributed by atoms with E-state index in [0.717, 1.165) is 36.5 Å². The smallest absolute Gasteiger partial charge is 0.227 e. The first-order valence-corrected chi connectivity index (χ1v) is 9.09. The lowest BCUT2D eigenvalue weighted by Gasteiger charge is -2.34. The van der Waals surface area contributed by atoms with Crippen molar-refractivity contribution in [2.24, 2.45) is 5.92 Å². The lowest BCUT2D eigenvalue weighted by atomic mass is 9.96. The molecular formula is C20H26N4O2. The van der Waals surface area contributed by atoms with Crippen molar-refractivity contribution in [2.75, 3.05) is 38.2 Å². The molecule has 0 aliphatic carbocycles. The molecule has 3 rings (SSSR count). The molecule has 1 amide bonds. The van der Waals surface area contributed by atoms with Crippen molar-refractivity contribution >= 4 is 11.7 Å². The molecule has 0 spiro atoms. The number of carbonyl (C=O) groups is 1. The van der Waals surface area contributed by atoms with Crippen molar-refractivity contribution < 1.29 is 9.53 Å². The van der Waals surface area contributed by atoms with Gasteiger partial charge in [-0.1, -0.05) is 18.2 Å².